The Kier molecular flexibility index (Phi) is 4.02. The van der Waals surface area contributed by atoms with Crippen LogP contribution in [0.25, 0.3) is 11.1 Å². The summed E-state index contributed by atoms with van der Waals surface area (Å²) in [5.41, 5.74) is 2.10. The molecule has 1 saturated heterocycles. The topological polar surface area (TPSA) is 78.6 Å². The lowest BCUT2D eigenvalue weighted by Gasteiger charge is -2.38. The molecule has 6 heteroatoms. The quantitative estimate of drug-likeness (QED) is 0.894. The second-order valence-corrected chi connectivity index (χ2v) is 5.91. The predicted octanol–water partition coefficient (Wildman–Crippen LogP) is 2.76. The first-order valence-corrected chi connectivity index (χ1v) is 7.64. The van der Waals surface area contributed by atoms with Gasteiger partial charge in [-0.25, -0.2) is 9.78 Å². The van der Waals surface area contributed by atoms with Gasteiger partial charge in [0.05, 0.1) is 12.6 Å². The zero-order valence-corrected chi connectivity index (χ0v) is 12.9. The maximum Gasteiger partial charge on any atom is 0.322 e. The van der Waals surface area contributed by atoms with Crippen molar-refractivity contribution in [3.63, 3.8) is 0 Å². The number of aryl methyl sites for hydroxylation is 1. The first-order valence-electron chi connectivity index (χ1n) is 7.64. The Labute approximate surface area is 129 Å². The van der Waals surface area contributed by atoms with Crippen molar-refractivity contribution in [2.75, 3.05) is 18.5 Å². The number of oxazole rings is 1. The number of nitrogens with zero attached hydrogens (tertiary/aromatic N) is 2. The first-order chi connectivity index (χ1) is 10.6. The molecule has 1 aromatic carbocycles. The molecule has 6 nitrogen and oxygen atoms in total. The minimum Gasteiger partial charge on any atom is -0.441 e. The molecule has 1 aliphatic heterocycles. The smallest absolute Gasteiger partial charge is 0.322 e. The molecule has 1 fully saturated rings. The van der Waals surface area contributed by atoms with E-state index in [2.05, 4.69) is 17.2 Å². The van der Waals surface area contributed by atoms with Crippen LogP contribution >= 0.6 is 0 Å². The van der Waals surface area contributed by atoms with Gasteiger partial charge in [-0.3, -0.25) is 0 Å². The Balaban J connectivity index is 1.76. The summed E-state index contributed by atoms with van der Waals surface area (Å²) in [5, 5.41) is 12.4. The Hall–Kier alpha value is -2.08. The minimum atomic E-state index is -0.179. The molecule has 2 unspecified atom stereocenters. The van der Waals surface area contributed by atoms with E-state index in [1.165, 1.54) is 0 Å². The van der Waals surface area contributed by atoms with Crippen molar-refractivity contribution in [1.29, 1.82) is 0 Å². The number of hydrogen-bond donors (Lipinski definition) is 2. The molecular weight excluding hydrogens is 282 g/mol. The molecule has 2 amide bonds. The molecule has 2 aromatic rings. The molecule has 3 rings (SSSR count). The van der Waals surface area contributed by atoms with Crippen LogP contribution in [0.5, 0.6) is 0 Å². The summed E-state index contributed by atoms with van der Waals surface area (Å²) in [6, 6.07) is 5.10. The van der Waals surface area contributed by atoms with Crippen LogP contribution in [0.3, 0.4) is 0 Å². The molecule has 0 radical (unpaired) electrons. The number of benzene rings is 1. The van der Waals surface area contributed by atoms with Crippen LogP contribution in [-0.2, 0) is 0 Å². The molecule has 0 bridgehead atoms. The van der Waals surface area contributed by atoms with Crippen molar-refractivity contribution in [3.05, 3.63) is 24.1 Å². The number of hydrogen-bond acceptors (Lipinski definition) is 4. The number of carbonyl (C=O) groups excluding carboxylic acids is 1. The fourth-order valence-electron chi connectivity index (χ4n) is 3.09. The molecular formula is C16H21N3O3. The van der Waals surface area contributed by atoms with Gasteiger partial charge in [0, 0.05) is 25.2 Å². The molecule has 22 heavy (non-hydrogen) atoms. The van der Waals surface area contributed by atoms with Crippen LogP contribution in [0.15, 0.2) is 22.6 Å². The highest BCUT2D eigenvalue weighted by molar-refractivity contribution is 5.91. The van der Waals surface area contributed by atoms with E-state index >= 15 is 0 Å². The second-order valence-electron chi connectivity index (χ2n) is 5.91. The number of nitrogens with one attached hydrogen (secondary N) is 1. The fourth-order valence-corrected chi connectivity index (χ4v) is 3.09. The summed E-state index contributed by atoms with van der Waals surface area (Å²) < 4.78 is 5.48. The van der Waals surface area contributed by atoms with Crippen molar-refractivity contribution < 1.29 is 14.3 Å². The highest BCUT2D eigenvalue weighted by Crippen LogP contribution is 2.25. The van der Waals surface area contributed by atoms with Crippen molar-refractivity contribution in [1.82, 2.24) is 9.88 Å². The van der Waals surface area contributed by atoms with Crippen molar-refractivity contribution >= 4 is 22.8 Å². The average Bonchev–Trinajstić information content (AvgIpc) is 2.86. The third-order valence-corrected chi connectivity index (χ3v) is 4.31. The SMILES string of the molecule is Cc1nc2ccc(NC(=O)N3CCCC(C)C3CO)cc2o1. The van der Waals surface area contributed by atoms with Crippen molar-refractivity contribution in [3.8, 4) is 0 Å². The lowest BCUT2D eigenvalue weighted by Crippen LogP contribution is -2.51. The van der Waals surface area contributed by atoms with Gasteiger partial charge in [0.25, 0.3) is 0 Å². The second kappa shape index (κ2) is 5.96. The molecule has 1 aliphatic rings. The number of urea groups is 1. The maximum atomic E-state index is 12.5. The van der Waals surface area contributed by atoms with Gasteiger partial charge in [-0.1, -0.05) is 6.92 Å². The Morgan fingerprint density at radius 3 is 3.14 bits per heavy atom. The molecule has 2 atom stereocenters. The van der Waals surface area contributed by atoms with E-state index in [-0.39, 0.29) is 18.7 Å². The van der Waals surface area contributed by atoms with Gasteiger partial charge in [-0.05, 0) is 30.9 Å². The van der Waals surface area contributed by atoms with Crippen LogP contribution in [0.2, 0.25) is 0 Å². The molecule has 0 spiro atoms. The summed E-state index contributed by atoms with van der Waals surface area (Å²) in [5.74, 6) is 0.910. The third-order valence-electron chi connectivity index (χ3n) is 4.31. The van der Waals surface area contributed by atoms with E-state index in [0.29, 0.717) is 29.6 Å². The normalized spacial score (nSPS) is 22.0. The number of anilines is 1. The Bertz CT molecular complexity index is 682. The van der Waals surface area contributed by atoms with E-state index in [0.717, 1.165) is 18.4 Å². The van der Waals surface area contributed by atoms with Gasteiger partial charge in [-0.2, -0.15) is 0 Å². The Morgan fingerprint density at radius 1 is 1.55 bits per heavy atom. The summed E-state index contributed by atoms with van der Waals surface area (Å²) in [4.78, 5) is 18.4. The molecule has 2 heterocycles. The number of likely N-dealkylation sites (tertiary alicyclic amines) is 1. The summed E-state index contributed by atoms with van der Waals surface area (Å²) in [7, 11) is 0. The van der Waals surface area contributed by atoms with E-state index < -0.39 is 0 Å². The van der Waals surface area contributed by atoms with Gasteiger partial charge in [0.1, 0.15) is 5.52 Å². The van der Waals surface area contributed by atoms with E-state index in [1.54, 1.807) is 17.9 Å². The fraction of sp³-hybridized carbons (Fsp3) is 0.500. The number of carbonyl (C=O) groups is 1. The van der Waals surface area contributed by atoms with Crippen LogP contribution in [0.1, 0.15) is 25.7 Å². The van der Waals surface area contributed by atoms with Crippen molar-refractivity contribution in [2.45, 2.75) is 32.7 Å². The molecule has 0 saturated carbocycles. The zero-order valence-electron chi connectivity index (χ0n) is 12.9. The number of aliphatic hydroxyl groups is 1. The van der Waals surface area contributed by atoms with Gasteiger partial charge < -0.3 is 19.7 Å². The van der Waals surface area contributed by atoms with E-state index in [9.17, 15) is 9.90 Å². The number of aliphatic hydroxyl groups excluding tert-OH is 1. The van der Waals surface area contributed by atoms with Crippen LogP contribution in [-0.4, -0.2) is 40.2 Å². The van der Waals surface area contributed by atoms with E-state index in [4.69, 9.17) is 4.42 Å². The molecule has 1 aromatic heterocycles. The van der Waals surface area contributed by atoms with Crippen molar-refractivity contribution in [2.24, 2.45) is 5.92 Å². The lowest BCUT2D eigenvalue weighted by molar-refractivity contribution is 0.0811. The summed E-state index contributed by atoms with van der Waals surface area (Å²) in [6.45, 7) is 4.53. The third kappa shape index (κ3) is 2.78. The highest BCUT2D eigenvalue weighted by Gasteiger charge is 2.31. The first kappa shape index (κ1) is 14.8. The molecule has 0 aliphatic carbocycles. The monoisotopic (exact) mass is 303 g/mol. The number of rotatable bonds is 2. The highest BCUT2D eigenvalue weighted by atomic mass is 16.3. The predicted molar refractivity (Wildman–Crippen MR) is 83.7 cm³/mol. The van der Waals surface area contributed by atoms with Gasteiger partial charge >= 0.3 is 6.03 Å². The lowest BCUT2D eigenvalue weighted by atomic mass is 9.91. The average molecular weight is 303 g/mol. The van der Waals surface area contributed by atoms with E-state index in [1.807, 2.05) is 12.1 Å². The Morgan fingerprint density at radius 2 is 2.36 bits per heavy atom. The molecule has 2 N–H and O–H groups in total. The largest absolute Gasteiger partial charge is 0.441 e. The van der Waals surface area contributed by atoms with Gasteiger partial charge in [-0.15, -0.1) is 0 Å². The number of fused-ring (bicyclic) bond motifs is 1. The van der Waals surface area contributed by atoms with Gasteiger partial charge in [0.15, 0.2) is 11.5 Å². The number of amides is 2. The molecule has 118 valence electrons. The number of aromatic nitrogens is 1. The standard InChI is InChI=1S/C16H21N3O3/c1-10-4-3-7-19(14(10)9-20)16(21)18-12-5-6-13-15(8-12)22-11(2)17-13/h5-6,8,10,14,20H,3-4,7,9H2,1-2H3,(H,18,21). The summed E-state index contributed by atoms with van der Waals surface area (Å²) in [6.07, 6.45) is 2.00. The zero-order chi connectivity index (χ0) is 15.7. The maximum absolute atomic E-state index is 12.5. The van der Waals surface area contributed by atoms with Crippen LogP contribution < -0.4 is 5.32 Å². The van der Waals surface area contributed by atoms with Gasteiger partial charge in [0.2, 0.25) is 0 Å². The minimum absolute atomic E-state index is 0.00504. The van der Waals surface area contributed by atoms with Crippen LogP contribution in [0, 0.1) is 12.8 Å². The summed E-state index contributed by atoms with van der Waals surface area (Å²) >= 11 is 0. The number of piperidine rings is 1. The van der Waals surface area contributed by atoms with Crippen LogP contribution in [0.4, 0.5) is 10.5 Å².